The fraction of sp³-hybridized carbons (Fsp3) is 0.632. The van der Waals surface area contributed by atoms with Crippen LogP contribution in [0.2, 0.25) is 0 Å². The first-order valence-electron chi connectivity index (χ1n) is 8.14. The highest BCUT2D eigenvalue weighted by atomic mass is 79.9. The maximum absolute atomic E-state index is 12.8. The Bertz CT molecular complexity index is 522. The molecule has 4 heteroatoms. The molecule has 0 heterocycles. The van der Waals surface area contributed by atoms with Crippen LogP contribution in [-0.4, -0.2) is 37.1 Å². The van der Waals surface area contributed by atoms with Gasteiger partial charge in [0.2, 0.25) is 0 Å². The molecule has 0 aromatic heterocycles. The molecule has 1 rings (SSSR count). The molecule has 0 fully saturated rings. The Balaban J connectivity index is 2.92. The SMILES string of the molecule is CN(C)CCCC(C)(Cc1cccc(Br)c1)C(=O)OC(C)(C)C. The molecule has 0 saturated carbocycles. The Morgan fingerprint density at radius 3 is 2.39 bits per heavy atom. The zero-order valence-corrected chi connectivity index (χ0v) is 16.9. The number of carbonyl (C=O) groups is 1. The second-order valence-electron chi connectivity index (χ2n) is 7.78. The summed E-state index contributed by atoms with van der Waals surface area (Å²) in [6, 6.07) is 8.16. The highest BCUT2D eigenvalue weighted by Gasteiger charge is 2.36. The van der Waals surface area contributed by atoms with Crippen molar-refractivity contribution >= 4 is 21.9 Å². The van der Waals surface area contributed by atoms with E-state index in [2.05, 4.69) is 47.1 Å². The zero-order chi connectivity index (χ0) is 17.7. The van der Waals surface area contributed by atoms with Crippen LogP contribution >= 0.6 is 15.9 Å². The third-order valence-corrected chi connectivity index (χ3v) is 4.20. The van der Waals surface area contributed by atoms with E-state index < -0.39 is 11.0 Å². The van der Waals surface area contributed by atoms with Gasteiger partial charge in [-0.25, -0.2) is 0 Å². The molecule has 0 radical (unpaired) electrons. The van der Waals surface area contributed by atoms with E-state index in [-0.39, 0.29) is 5.97 Å². The maximum atomic E-state index is 12.8. The second kappa shape index (κ2) is 8.29. The maximum Gasteiger partial charge on any atom is 0.312 e. The average molecular weight is 384 g/mol. The minimum Gasteiger partial charge on any atom is -0.460 e. The molecule has 1 unspecified atom stereocenters. The van der Waals surface area contributed by atoms with Gasteiger partial charge in [0.1, 0.15) is 5.60 Å². The second-order valence-corrected chi connectivity index (χ2v) is 8.69. The van der Waals surface area contributed by atoms with Crippen LogP contribution in [0.3, 0.4) is 0 Å². The van der Waals surface area contributed by atoms with Crippen LogP contribution in [0.4, 0.5) is 0 Å². The van der Waals surface area contributed by atoms with Crippen molar-refractivity contribution in [3.05, 3.63) is 34.3 Å². The number of halogens is 1. The van der Waals surface area contributed by atoms with E-state index >= 15 is 0 Å². The van der Waals surface area contributed by atoms with Crippen LogP contribution in [-0.2, 0) is 16.0 Å². The molecule has 0 saturated heterocycles. The van der Waals surface area contributed by atoms with Gasteiger partial charge in [-0.2, -0.15) is 0 Å². The number of hydrogen-bond donors (Lipinski definition) is 0. The number of rotatable bonds is 7. The van der Waals surface area contributed by atoms with Crippen LogP contribution in [0.15, 0.2) is 28.7 Å². The Labute approximate surface area is 149 Å². The Morgan fingerprint density at radius 1 is 1.22 bits per heavy atom. The van der Waals surface area contributed by atoms with E-state index in [0.717, 1.165) is 29.4 Å². The third-order valence-electron chi connectivity index (χ3n) is 3.71. The third kappa shape index (κ3) is 7.49. The molecule has 0 N–H and O–H groups in total. The van der Waals surface area contributed by atoms with Gasteiger partial charge in [0, 0.05) is 4.47 Å². The normalized spacial score (nSPS) is 14.6. The van der Waals surface area contributed by atoms with Gasteiger partial charge in [0.15, 0.2) is 0 Å². The molecular weight excluding hydrogens is 354 g/mol. The van der Waals surface area contributed by atoms with Gasteiger partial charge in [0.25, 0.3) is 0 Å². The molecule has 1 aromatic rings. The molecule has 0 spiro atoms. The van der Waals surface area contributed by atoms with E-state index in [1.807, 2.05) is 39.8 Å². The van der Waals surface area contributed by atoms with Crippen molar-refractivity contribution in [2.45, 2.75) is 52.6 Å². The van der Waals surface area contributed by atoms with E-state index in [1.54, 1.807) is 0 Å². The fourth-order valence-corrected chi connectivity index (χ4v) is 2.99. The van der Waals surface area contributed by atoms with Gasteiger partial charge in [-0.15, -0.1) is 0 Å². The zero-order valence-electron chi connectivity index (χ0n) is 15.3. The molecule has 0 aliphatic carbocycles. The molecule has 0 aliphatic rings. The summed E-state index contributed by atoms with van der Waals surface area (Å²) in [5, 5.41) is 0. The summed E-state index contributed by atoms with van der Waals surface area (Å²) in [6.07, 6.45) is 2.47. The van der Waals surface area contributed by atoms with Crippen molar-refractivity contribution in [1.29, 1.82) is 0 Å². The lowest BCUT2D eigenvalue weighted by atomic mass is 9.79. The Hall–Kier alpha value is -0.870. The fourth-order valence-electron chi connectivity index (χ4n) is 2.55. The van der Waals surface area contributed by atoms with E-state index in [0.29, 0.717) is 6.42 Å². The molecule has 130 valence electrons. The summed E-state index contributed by atoms with van der Waals surface area (Å²) in [4.78, 5) is 14.9. The average Bonchev–Trinajstić information content (AvgIpc) is 2.36. The van der Waals surface area contributed by atoms with Gasteiger partial charge >= 0.3 is 5.97 Å². The van der Waals surface area contributed by atoms with Crippen molar-refractivity contribution in [3.8, 4) is 0 Å². The lowest BCUT2D eigenvalue weighted by Gasteiger charge is -2.32. The lowest BCUT2D eigenvalue weighted by Crippen LogP contribution is -2.38. The van der Waals surface area contributed by atoms with E-state index in [9.17, 15) is 4.79 Å². The van der Waals surface area contributed by atoms with Gasteiger partial charge in [-0.05, 0) is 85.3 Å². The molecule has 0 aliphatic heterocycles. The first-order chi connectivity index (χ1) is 10.5. The van der Waals surface area contributed by atoms with E-state index in [1.165, 1.54) is 0 Å². The number of hydrogen-bond acceptors (Lipinski definition) is 3. The summed E-state index contributed by atoms with van der Waals surface area (Å²) >= 11 is 3.50. The van der Waals surface area contributed by atoms with Gasteiger partial charge < -0.3 is 9.64 Å². The monoisotopic (exact) mass is 383 g/mol. The lowest BCUT2D eigenvalue weighted by molar-refractivity contribution is -0.167. The standard InChI is InChI=1S/C19H30BrNO2/c1-18(2,3)23-17(22)19(4,11-8-12-21(5)6)14-15-9-7-10-16(20)13-15/h7,9-10,13H,8,11-12,14H2,1-6H3. The highest BCUT2D eigenvalue weighted by molar-refractivity contribution is 9.10. The largest absolute Gasteiger partial charge is 0.460 e. The molecule has 0 bridgehead atoms. The molecular formula is C19H30BrNO2. The van der Waals surface area contributed by atoms with Crippen molar-refractivity contribution < 1.29 is 9.53 Å². The van der Waals surface area contributed by atoms with Gasteiger partial charge in [-0.1, -0.05) is 28.1 Å². The summed E-state index contributed by atoms with van der Waals surface area (Å²) in [7, 11) is 4.11. The van der Waals surface area contributed by atoms with Crippen molar-refractivity contribution in [3.63, 3.8) is 0 Å². The van der Waals surface area contributed by atoms with Crippen LogP contribution in [0.25, 0.3) is 0 Å². The predicted molar refractivity (Wildman–Crippen MR) is 99.6 cm³/mol. The van der Waals surface area contributed by atoms with E-state index in [4.69, 9.17) is 4.74 Å². The first-order valence-corrected chi connectivity index (χ1v) is 8.94. The number of carbonyl (C=O) groups excluding carboxylic acids is 1. The summed E-state index contributed by atoms with van der Waals surface area (Å²) in [5.74, 6) is -0.108. The molecule has 3 nitrogen and oxygen atoms in total. The first kappa shape index (κ1) is 20.2. The summed E-state index contributed by atoms with van der Waals surface area (Å²) in [6.45, 7) is 8.76. The van der Waals surface area contributed by atoms with Crippen LogP contribution < -0.4 is 0 Å². The number of nitrogens with zero attached hydrogens (tertiary/aromatic N) is 1. The number of esters is 1. The molecule has 1 atom stereocenters. The van der Waals surface area contributed by atoms with Gasteiger partial charge in [-0.3, -0.25) is 4.79 Å². The number of benzene rings is 1. The predicted octanol–water partition coefficient (Wildman–Crippen LogP) is 4.68. The quantitative estimate of drug-likeness (QED) is 0.640. The van der Waals surface area contributed by atoms with Crippen LogP contribution in [0, 0.1) is 5.41 Å². The summed E-state index contributed by atoms with van der Waals surface area (Å²) in [5.41, 5.74) is 0.180. The smallest absolute Gasteiger partial charge is 0.312 e. The van der Waals surface area contributed by atoms with Crippen molar-refractivity contribution in [2.24, 2.45) is 5.41 Å². The van der Waals surface area contributed by atoms with Crippen molar-refractivity contribution in [1.82, 2.24) is 4.90 Å². The Morgan fingerprint density at radius 2 is 1.87 bits per heavy atom. The topological polar surface area (TPSA) is 29.5 Å². The highest BCUT2D eigenvalue weighted by Crippen LogP contribution is 2.32. The minimum atomic E-state index is -0.510. The van der Waals surface area contributed by atoms with Gasteiger partial charge in [0.05, 0.1) is 5.41 Å². The minimum absolute atomic E-state index is 0.108. The Kier molecular flexibility index (Phi) is 7.28. The van der Waals surface area contributed by atoms with Crippen LogP contribution in [0.1, 0.15) is 46.1 Å². The molecule has 23 heavy (non-hydrogen) atoms. The summed E-state index contributed by atoms with van der Waals surface area (Å²) < 4.78 is 6.74. The number of ether oxygens (including phenoxy) is 1. The molecule has 1 aromatic carbocycles. The molecule has 0 amide bonds. The van der Waals surface area contributed by atoms with Crippen LogP contribution in [0.5, 0.6) is 0 Å². The van der Waals surface area contributed by atoms with Crippen molar-refractivity contribution in [2.75, 3.05) is 20.6 Å².